The molecule has 0 radical (unpaired) electrons. The van der Waals surface area contributed by atoms with Crippen LogP contribution in [0.15, 0.2) is 16.6 Å². The molecule has 0 amide bonds. The number of nitrogens with zero attached hydrogens (tertiary/aromatic N) is 3. The van der Waals surface area contributed by atoms with Crippen molar-refractivity contribution in [1.82, 2.24) is 10.2 Å². The number of anilines is 2. The Morgan fingerprint density at radius 2 is 2.05 bits per heavy atom. The molecule has 1 aromatic carbocycles. The van der Waals surface area contributed by atoms with Crippen LogP contribution in [0.4, 0.5) is 15.9 Å². The molecular formula is C13H9BrClFN4. The van der Waals surface area contributed by atoms with Gasteiger partial charge in [0.2, 0.25) is 0 Å². The smallest absolute Gasteiger partial charge is 0.171 e. The molecule has 0 spiro atoms. The number of benzene rings is 1. The molecule has 2 aromatic rings. The summed E-state index contributed by atoms with van der Waals surface area (Å²) in [6.07, 6.45) is 0. The van der Waals surface area contributed by atoms with E-state index in [1.807, 2.05) is 0 Å². The Hall–Kier alpha value is -1.71. The summed E-state index contributed by atoms with van der Waals surface area (Å²) in [4.78, 5) is 0. The average molecular weight is 356 g/mol. The summed E-state index contributed by atoms with van der Waals surface area (Å²) < 4.78 is 13.6. The van der Waals surface area contributed by atoms with E-state index in [9.17, 15) is 9.65 Å². The lowest BCUT2D eigenvalue weighted by molar-refractivity contribution is 0.627. The SMILES string of the molecule is Cc1nnc(Nc2c(Cl)cc(F)cc2Br)c(C#N)c1C. The van der Waals surface area contributed by atoms with Crippen LogP contribution >= 0.6 is 27.5 Å². The van der Waals surface area contributed by atoms with Gasteiger partial charge in [-0.1, -0.05) is 11.6 Å². The van der Waals surface area contributed by atoms with Crippen molar-refractivity contribution in [3.05, 3.63) is 44.3 Å². The van der Waals surface area contributed by atoms with Gasteiger partial charge in [0.1, 0.15) is 17.4 Å². The summed E-state index contributed by atoms with van der Waals surface area (Å²) in [5, 5.41) is 20.2. The van der Waals surface area contributed by atoms with Gasteiger partial charge in [-0.3, -0.25) is 0 Å². The molecule has 0 bridgehead atoms. The number of aromatic nitrogens is 2. The highest BCUT2D eigenvalue weighted by molar-refractivity contribution is 9.10. The largest absolute Gasteiger partial charge is 0.335 e. The van der Waals surface area contributed by atoms with Gasteiger partial charge in [0.25, 0.3) is 0 Å². The van der Waals surface area contributed by atoms with E-state index in [-0.39, 0.29) is 10.8 Å². The van der Waals surface area contributed by atoms with Crippen LogP contribution in [0.5, 0.6) is 0 Å². The molecule has 0 aliphatic carbocycles. The molecule has 0 unspecified atom stereocenters. The molecule has 0 aliphatic heterocycles. The average Bonchev–Trinajstić information content (AvgIpc) is 2.38. The van der Waals surface area contributed by atoms with Gasteiger partial charge >= 0.3 is 0 Å². The van der Waals surface area contributed by atoms with Crippen LogP contribution in [0.2, 0.25) is 5.02 Å². The number of hydrogen-bond acceptors (Lipinski definition) is 4. The van der Waals surface area contributed by atoms with Gasteiger partial charge in [-0.25, -0.2) is 4.39 Å². The Balaban J connectivity index is 2.52. The van der Waals surface area contributed by atoms with Crippen LogP contribution in [-0.2, 0) is 0 Å². The van der Waals surface area contributed by atoms with Crippen LogP contribution in [-0.4, -0.2) is 10.2 Å². The monoisotopic (exact) mass is 354 g/mol. The quantitative estimate of drug-likeness (QED) is 0.874. The fraction of sp³-hybridized carbons (Fsp3) is 0.154. The molecule has 7 heteroatoms. The first-order valence-corrected chi connectivity index (χ1v) is 6.76. The molecule has 1 heterocycles. The van der Waals surface area contributed by atoms with Crippen LogP contribution in [0.1, 0.15) is 16.8 Å². The van der Waals surface area contributed by atoms with Gasteiger partial charge < -0.3 is 5.32 Å². The Morgan fingerprint density at radius 1 is 1.35 bits per heavy atom. The minimum atomic E-state index is -0.459. The Labute approximate surface area is 128 Å². The fourth-order valence-corrected chi connectivity index (χ4v) is 2.51. The summed E-state index contributed by atoms with van der Waals surface area (Å²) in [6.45, 7) is 3.56. The van der Waals surface area contributed by atoms with Crippen molar-refractivity contribution in [3.63, 3.8) is 0 Å². The third-order valence-corrected chi connectivity index (χ3v) is 3.74. The lowest BCUT2D eigenvalue weighted by atomic mass is 10.1. The predicted molar refractivity (Wildman–Crippen MR) is 78.6 cm³/mol. The van der Waals surface area contributed by atoms with Crippen molar-refractivity contribution in [2.75, 3.05) is 5.32 Å². The summed E-state index contributed by atoms with van der Waals surface area (Å²) in [6, 6.07) is 4.53. The molecule has 0 fully saturated rings. The van der Waals surface area contributed by atoms with E-state index in [4.69, 9.17) is 11.6 Å². The molecule has 102 valence electrons. The Morgan fingerprint density at radius 3 is 2.65 bits per heavy atom. The molecule has 1 aromatic heterocycles. The van der Waals surface area contributed by atoms with Gasteiger partial charge in [-0.05, 0) is 47.5 Å². The molecule has 4 nitrogen and oxygen atoms in total. The van der Waals surface area contributed by atoms with Gasteiger partial charge in [-0.2, -0.15) is 10.4 Å². The summed E-state index contributed by atoms with van der Waals surface area (Å²) in [5.74, 6) is -0.177. The maximum absolute atomic E-state index is 13.2. The minimum Gasteiger partial charge on any atom is -0.335 e. The standard InChI is InChI=1S/C13H9BrClFN4/c1-6-7(2)19-20-13(9(6)5-17)18-12-10(14)3-8(16)4-11(12)15/h3-4H,1-2H3,(H,18,20). The van der Waals surface area contributed by atoms with Crippen molar-refractivity contribution in [3.8, 4) is 6.07 Å². The third-order valence-electron chi connectivity index (χ3n) is 2.82. The van der Waals surface area contributed by atoms with Crippen LogP contribution in [0, 0.1) is 31.0 Å². The Kier molecular flexibility index (Phi) is 4.21. The normalized spacial score (nSPS) is 10.2. The van der Waals surface area contributed by atoms with Crippen molar-refractivity contribution < 1.29 is 4.39 Å². The number of nitriles is 1. The van der Waals surface area contributed by atoms with Gasteiger partial charge in [0.05, 0.1) is 16.4 Å². The molecule has 0 saturated carbocycles. The maximum Gasteiger partial charge on any atom is 0.171 e. The first-order valence-electron chi connectivity index (χ1n) is 5.59. The summed E-state index contributed by atoms with van der Waals surface area (Å²) in [5.41, 5.74) is 2.22. The maximum atomic E-state index is 13.2. The van der Waals surface area contributed by atoms with Crippen LogP contribution in [0.25, 0.3) is 0 Å². The second-order valence-corrected chi connectivity index (χ2v) is 5.38. The highest BCUT2D eigenvalue weighted by atomic mass is 79.9. The molecule has 20 heavy (non-hydrogen) atoms. The van der Waals surface area contributed by atoms with E-state index < -0.39 is 5.82 Å². The number of aryl methyl sites for hydroxylation is 1. The fourth-order valence-electron chi connectivity index (χ4n) is 1.61. The third kappa shape index (κ3) is 2.74. The van der Waals surface area contributed by atoms with Gasteiger partial charge in [0, 0.05) is 4.47 Å². The van der Waals surface area contributed by atoms with E-state index in [1.165, 1.54) is 12.1 Å². The topological polar surface area (TPSA) is 61.6 Å². The lowest BCUT2D eigenvalue weighted by Crippen LogP contribution is -2.04. The molecular weight excluding hydrogens is 347 g/mol. The van der Waals surface area contributed by atoms with Crippen molar-refractivity contribution in [1.29, 1.82) is 5.26 Å². The van der Waals surface area contributed by atoms with Gasteiger partial charge in [0.15, 0.2) is 5.82 Å². The number of rotatable bonds is 2. The number of hydrogen-bond donors (Lipinski definition) is 1. The lowest BCUT2D eigenvalue weighted by Gasteiger charge is -2.12. The van der Waals surface area contributed by atoms with E-state index >= 15 is 0 Å². The highest BCUT2D eigenvalue weighted by Gasteiger charge is 2.14. The van der Waals surface area contributed by atoms with Gasteiger partial charge in [-0.15, -0.1) is 5.10 Å². The zero-order chi connectivity index (χ0) is 14.9. The second kappa shape index (κ2) is 5.73. The highest BCUT2D eigenvalue weighted by Crippen LogP contribution is 2.34. The van der Waals surface area contributed by atoms with Crippen LogP contribution < -0.4 is 5.32 Å². The first kappa shape index (κ1) is 14.7. The minimum absolute atomic E-state index is 0.181. The van der Waals surface area contributed by atoms with E-state index in [0.29, 0.717) is 21.4 Å². The van der Waals surface area contributed by atoms with E-state index in [1.54, 1.807) is 13.8 Å². The zero-order valence-corrected chi connectivity index (χ0v) is 13.0. The molecule has 0 aliphatic rings. The summed E-state index contributed by atoms with van der Waals surface area (Å²) >= 11 is 9.20. The molecule has 1 N–H and O–H groups in total. The first-order chi connectivity index (χ1) is 9.43. The number of nitrogens with one attached hydrogen (secondary N) is 1. The predicted octanol–water partition coefficient (Wildman–Crippen LogP) is 4.26. The zero-order valence-electron chi connectivity index (χ0n) is 10.6. The second-order valence-electron chi connectivity index (χ2n) is 4.12. The van der Waals surface area contributed by atoms with E-state index in [2.05, 4.69) is 37.5 Å². The number of halogens is 3. The molecule has 0 atom stereocenters. The van der Waals surface area contributed by atoms with Crippen molar-refractivity contribution in [2.24, 2.45) is 0 Å². The van der Waals surface area contributed by atoms with Crippen LogP contribution in [0.3, 0.4) is 0 Å². The Bertz CT molecular complexity index is 704. The summed E-state index contributed by atoms with van der Waals surface area (Å²) in [7, 11) is 0. The van der Waals surface area contributed by atoms with Crippen molar-refractivity contribution >= 4 is 39.0 Å². The molecule has 2 rings (SSSR count). The van der Waals surface area contributed by atoms with Crippen molar-refractivity contribution in [2.45, 2.75) is 13.8 Å². The molecule has 0 saturated heterocycles. The van der Waals surface area contributed by atoms with E-state index in [0.717, 1.165) is 5.56 Å².